The predicted molar refractivity (Wildman–Crippen MR) is 53.3 cm³/mol. The predicted octanol–water partition coefficient (Wildman–Crippen LogP) is 2.73. The Labute approximate surface area is 79.5 Å². The van der Waals surface area contributed by atoms with E-state index in [1.807, 2.05) is 0 Å². The first-order valence-electron chi connectivity index (χ1n) is 5.13. The number of fused-ring (bicyclic) bond motifs is 2. The zero-order valence-corrected chi connectivity index (χ0v) is 8.07. The van der Waals surface area contributed by atoms with Gasteiger partial charge in [-0.2, -0.15) is 0 Å². The van der Waals surface area contributed by atoms with Gasteiger partial charge in [-0.1, -0.05) is 18.2 Å². The average Bonchev–Trinajstić information content (AvgIpc) is 2.17. The molecule has 1 saturated carbocycles. The number of carbonyl (C=O) groups excluding carboxylic acids is 1. The second-order valence-electron chi connectivity index (χ2n) is 4.26. The molecule has 70 valence electrons. The molecule has 0 radical (unpaired) electrons. The van der Waals surface area contributed by atoms with Crippen LogP contribution in [0.1, 0.15) is 26.2 Å². The molecule has 0 aromatic heterocycles. The van der Waals surface area contributed by atoms with Gasteiger partial charge in [-0.05, 0) is 50.0 Å². The largest absolute Gasteiger partial charge is 0.295 e. The molecule has 0 aromatic rings. The van der Waals surface area contributed by atoms with Gasteiger partial charge in [-0.3, -0.25) is 4.79 Å². The van der Waals surface area contributed by atoms with Gasteiger partial charge in [-0.25, -0.2) is 0 Å². The van der Waals surface area contributed by atoms with E-state index in [9.17, 15) is 4.79 Å². The van der Waals surface area contributed by atoms with Crippen LogP contribution in [0, 0.1) is 17.8 Å². The molecule has 1 heteroatoms. The molecule has 3 aliphatic carbocycles. The second-order valence-corrected chi connectivity index (χ2v) is 4.26. The Bertz CT molecular complexity index is 262. The van der Waals surface area contributed by atoms with E-state index in [2.05, 4.69) is 18.2 Å². The summed E-state index contributed by atoms with van der Waals surface area (Å²) in [4.78, 5) is 10.8. The van der Waals surface area contributed by atoms with Crippen LogP contribution < -0.4 is 0 Å². The number of ketones is 1. The van der Waals surface area contributed by atoms with E-state index in [4.69, 9.17) is 0 Å². The molecule has 1 nitrogen and oxygen atoms in total. The van der Waals surface area contributed by atoms with Crippen molar-refractivity contribution in [2.24, 2.45) is 17.8 Å². The van der Waals surface area contributed by atoms with Gasteiger partial charge in [0, 0.05) is 0 Å². The monoisotopic (exact) mass is 176 g/mol. The number of rotatable bonds is 2. The van der Waals surface area contributed by atoms with E-state index in [1.165, 1.54) is 19.3 Å². The molecule has 2 bridgehead atoms. The van der Waals surface area contributed by atoms with Gasteiger partial charge >= 0.3 is 0 Å². The lowest BCUT2D eigenvalue weighted by molar-refractivity contribution is -0.112. The van der Waals surface area contributed by atoms with E-state index < -0.39 is 0 Å². The molecule has 3 rings (SSSR count). The fraction of sp³-hybridized carbons (Fsp3) is 0.583. The van der Waals surface area contributed by atoms with Crippen molar-refractivity contribution >= 4 is 5.78 Å². The van der Waals surface area contributed by atoms with Gasteiger partial charge in [0.05, 0.1) is 0 Å². The Kier molecular flexibility index (Phi) is 2.34. The summed E-state index contributed by atoms with van der Waals surface area (Å²) in [6.07, 6.45) is 12.5. The summed E-state index contributed by atoms with van der Waals surface area (Å²) >= 11 is 0. The summed E-state index contributed by atoms with van der Waals surface area (Å²) in [7, 11) is 0. The third kappa shape index (κ3) is 1.90. The Morgan fingerprint density at radius 1 is 1.38 bits per heavy atom. The first kappa shape index (κ1) is 8.74. The first-order chi connectivity index (χ1) is 6.25. The molecule has 1 fully saturated rings. The number of allylic oxidation sites excluding steroid dienone is 4. The van der Waals surface area contributed by atoms with Crippen molar-refractivity contribution < 1.29 is 4.79 Å². The summed E-state index contributed by atoms with van der Waals surface area (Å²) < 4.78 is 0. The average molecular weight is 176 g/mol. The molecular weight excluding hydrogens is 160 g/mol. The molecule has 0 heterocycles. The topological polar surface area (TPSA) is 17.1 Å². The highest BCUT2D eigenvalue weighted by Crippen LogP contribution is 2.40. The fourth-order valence-corrected chi connectivity index (χ4v) is 2.46. The Hall–Kier alpha value is -0.850. The summed E-state index contributed by atoms with van der Waals surface area (Å²) in [5.74, 6) is 2.30. The van der Waals surface area contributed by atoms with Gasteiger partial charge in [0.25, 0.3) is 0 Å². The molecular formula is C12H16O. The quantitative estimate of drug-likeness (QED) is 0.467. The maximum atomic E-state index is 10.8. The minimum atomic E-state index is 0.172. The summed E-state index contributed by atoms with van der Waals surface area (Å²) in [6.45, 7) is 1.62. The third-order valence-electron chi connectivity index (χ3n) is 3.20. The Morgan fingerprint density at radius 3 is 2.69 bits per heavy atom. The van der Waals surface area contributed by atoms with Gasteiger partial charge in [0.15, 0.2) is 5.78 Å². The highest BCUT2D eigenvalue weighted by molar-refractivity contribution is 5.87. The molecule has 0 aromatic carbocycles. The summed E-state index contributed by atoms with van der Waals surface area (Å²) in [6, 6.07) is 0. The minimum Gasteiger partial charge on any atom is -0.295 e. The fourth-order valence-electron chi connectivity index (χ4n) is 2.46. The summed E-state index contributed by atoms with van der Waals surface area (Å²) in [5.41, 5.74) is 0. The lowest BCUT2D eigenvalue weighted by Crippen LogP contribution is -2.25. The van der Waals surface area contributed by atoms with Crippen LogP contribution in [0.2, 0.25) is 0 Å². The second kappa shape index (κ2) is 3.49. The Morgan fingerprint density at radius 2 is 2.23 bits per heavy atom. The van der Waals surface area contributed by atoms with Gasteiger partial charge in [0.1, 0.15) is 0 Å². The van der Waals surface area contributed by atoms with Crippen molar-refractivity contribution in [3.8, 4) is 0 Å². The molecule has 0 N–H and O–H groups in total. The van der Waals surface area contributed by atoms with E-state index in [1.54, 1.807) is 13.0 Å². The number of hydrogen-bond donors (Lipinski definition) is 0. The standard InChI is InChI=1S/C12H16O/c1-9(13)2-5-12-8-10-3-6-11(12)7-4-10/h2-3,5-6,10-12H,4,7-8H2,1H3/b5-2+. The highest BCUT2D eigenvalue weighted by atomic mass is 16.1. The smallest absolute Gasteiger partial charge is 0.152 e. The first-order valence-corrected chi connectivity index (χ1v) is 5.13. The van der Waals surface area contributed by atoms with Crippen LogP contribution in [0.5, 0.6) is 0 Å². The SMILES string of the molecule is CC(=O)/C=C/C1CC2C=CC1CC2. The van der Waals surface area contributed by atoms with Crippen LogP contribution in [-0.4, -0.2) is 5.78 Å². The zero-order valence-electron chi connectivity index (χ0n) is 8.07. The van der Waals surface area contributed by atoms with Crippen LogP contribution in [0.25, 0.3) is 0 Å². The van der Waals surface area contributed by atoms with Crippen molar-refractivity contribution in [3.05, 3.63) is 24.3 Å². The maximum Gasteiger partial charge on any atom is 0.152 e. The van der Waals surface area contributed by atoms with Crippen molar-refractivity contribution in [2.45, 2.75) is 26.2 Å². The van der Waals surface area contributed by atoms with Crippen LogP contribution in [0.3, 0.4) is 0 Å². The molecule has 0 spiro atoms. The molecule has 0 saturated heterocycles. The lowest BCUT2D eigenvalue weighted by atomic mass is 9.69. The molecule has 13 heavy (non-hydrogen) atoms. The lowest BCUT2D eigenvalue weighted by Gasteiger charge is -2.36. The maximum absolute atomic E-state index is 10.8. The molecule has 3 atom stereocenters. The van der Waals surface area contributed by atoms with E-state index in [-0.39, 0.29) is 5.78 Å². The van der Waals surface area contributed by atoms with Gasteiger partial charge < -0.3 is 0 Å². The molecule has 3 aliphatic rings. The van der Waals surface area contributed by atoms with Crippen molar-refractivity contribution in [2.75, 3.05) is 0 Å². The van der Waals surface area contributed by atoms with Crippen molar-refractivity contribution in [1.29, 1.82) is 0 Å². The highest BCUT2D eigenvalue weighted by Gasteiger charge is 2.29. The molecule has 3 unspecified atom stereocenters. The molecule has 0 amide bonds. The van der Waals surface area contributed by atoms with Crippen LogP contribution >= 0.6 is 0 Å². The van der Waals surface area contributed by atoms with Gasteiger partial charge in [-0.15, -0.1) is 0 Å². The summed E-state index contributed by atoms with van der Waals surface area (Å²) in [5, 5.41) is 0. The van der Waals surface area contributed by atoms with E-state index in [0.717, 1.165) is 5.92 Å². The third-order valence-corrected chi connectivity index (χ3v) is 3.20. The van der Waals surface area contributed by atoms with Crippen LogP contribution in [-0.2, 0) is 4.79 Å². The normalized spacial score (nSPS) is 37.2. The number of carbonyl (C=O) groups is 1. The zero-order chi connectivity index (χ0) is 9.26. The minimum absolute atomic E-state index is 0.172. The molecule has 0 aliphatic heterocycles. The van der Waals surface area contributed by atoms with Crippen LogP contribution in [0.4, 0.5) is 0 Å². The van der Waals surface area contributed by atoms with E-state index >= 15 is 0 Å². The van der Waals surface area contributed by atoms with E-state index in [0.29, 0.717) is 11.8 Å². The Balaban J connectivity index is 2.03. The van der Waals surface area contributed by atoms with Crippen molar-refractivity contribution in [1.82, 2.24) is 0 Å². The van der Waals surface area contributed by atoms with Crippen molar-refractivity contribution in [3.63, 3.8) is 0 Å². The van der Waals surface area contributed by atoms with Gasteiger partial charge in [0.2, 0.25) is 0 Å². The number of hydrogen-bond acceptors (Lipinski definition) is 1. The van der Waals surface area contributed by atoms with Crippen LogP contribution in [0.15, 0.2) is 24.3 Å².